The van der Waals surface area contributed by atoms with Gasteiger partial charge in [-0.1, -0.05) is 11.6 Å². The highest BCUT2D eigenvalue weighted by Crippen LogP contribution is 2.20. The minimum atomic E-state index is -3.88. The zero-order valence-electron chi connectivity index (χ0n) is 13.8. The van der Waals surface area contributed by atoms with Crippen LogP contribution in [0.3, 0.4) is 0 Å². The first kappa shape index (κ1) is 17.3. The summed E-state index contributed by atoms with van der Waals surface area (Å²) < 4.78 is 29.1. The summed E-state index contributed by atoms with van der Waals surface area (Å²) in [5.41, 5.74) is 1.70. The molecule has 0 aliphatic heterocycles. The van der Waals surface area contributed by atoms with Crippen molar-refractivity contribution in [2.24, 2.45) is 0 Å². The van der Waals surface area contributed by atoms with Crippen LogP contribution < -0.4 is 10.3 Å². The number of aryl methyl sites for hydroxylation is 2. The van der Waals surface area contributed by atoms with E-state index < -0.39 is 15.6 Å². The normalized spacial score (nSPS) is 15.7. The molecule has 1 aliphatic carbocycles. The van der Waals surface area contributed by atoms with E-state index in [0.717, 1.165) is 19.3 Å². The summed E-state index contributed by atoms with van der Waals surface area (Å²) in [6.07, 6.45) is 7.35. The Labute approximate surface area is 145 Å². The van der Waals surface area contributed by atoms with Gasteiger partial charge in [-0.3, -0.25) is 9.20 Å². The van der Waals surface area contributed by atoms with Gasteiger partial charge in [0.05, 0.1) is 5.69 Å². The number of nitrogens with one attached hydrogen (secondary N) is 1. The number of fused-ring (bicyclic) bond motifs is 1. The maximum atomic E-state index is 12.6. The smallest absolute Gasteiger partial charge is 0.267 e. The van der Waals surface area contributed by atoms with Gasteiger partial charge in [-0.15, -0.1) is 11.3 Å². The Morgan fingerprint density at radius 2 is 2.12 bits per heavy atom. The summed E-state index contributed by atoms with van der Waals surface area (Å²) in [5, 5.41) is 1.79. The molecule has 130 valence electrons. The van der Waals surface area contributed by atoms with Gasteiger partial charge >= 0.3 is 0 Å². The van der Waals surface area contributed by atoms with E-state index in [1.54, 1.807) is 19.2 Å². The van der Waals surface area contributed by atoms with Crippen LogP contribution in [-0.2, 0) is 10.0 Å². The molecule has 0 unspecified atom stereocenters. The van der Waals surface area contributed by atoms with Gasteiger partial charge in [0.2, 0.25) is 10.0 Å². The number of sulfonamides is 1. The first-order valence-electron chi connectivity index (χ1n) is 8.05. The molecule has 0 saturated heterocycles. The maximum Gasteiger partial charge on any atom is 0.279 e. The second-order valence-electron chi connectivity index (χ2n) is 6.08. The van der Waals surface area contributed by atoms with Crippen molar-refractivity contribution in [2.45, 2.75) is 50.8 Å². The highest BCUT2D eigenvalue weighted by molar-refractivity contribution is 7.89. The average molecular weight is 367 g/mol. The molecule has 3 rings (SSSR count). The third kappa shape index (κ3) is 3.31. The molecular formula is C16H21N3O3S2. The van der Waals surface area contributed by atoms with Gasteiger partial charge in [0.1, 0.15) is 0 Å². The fourth-order valence-electron chi connectivity index (χ4n) is 3.03. The van der Waals surface area contributed by atoms with Crippen molar-refractivity contribution < 1.29 is 8.42 Å². The number of thiazole rings is 1. The summed E-state index contributed by atoms with van der Waals surface area (Å²) in [5.74, 6) is 0. The largest absolute Gasteiger partial charge is 0.279 e. The van der Waals surface area contributed by atoms with E-state index in [4.69, 9.17) is 0 Å². The molecule has 0 saturated carbocycles. The monoisotopic (exact) mass is 367 g/mol. The quantitative estimate of drug-likeness (QED) is 0.824. The van der Waals surface area contributed by atoms with E-state index in [1.807, 2.05) is 0 Å². The van der Waals surface area contributed by atoms with Crippen molar-refractivity contribution in [1.82, 2.24) is 14.1 Å². The molecule has 0 aromatic carbocycles. The average Bonchev–Trinajstić information content (AvgIpc) is 2.89. The maximum absolute atomic E-state index is 12.6. The third-order valence-electron chi connectivity index (χ3n) is 4.26. The summed E-state index contributed by atoms with van der Waals surface area (Å²) in [6, 6.07) is 0. The Hall–Kier alpha value is -1.51. The van der Waals surface area contributed by atoms with Crippen molar-refractivity contribution in [2.75, 3.05) is 6.54 Å². The molecule has 8 heteroatoms. The molecule has 0 spiro atoms. The number of rotatable bonds is 5. The van der Waals surface area contributed by atoms with Crippen molar-refractivity contribution in [1.29, 1.82) is 0 Å². The number of allylic oxidation sites excluding steroid dienone is 1. The van der Waals surface area contributed by atoms with Crippen molar-refractivity contribution in [3.8, 4) is 0 Å². The van der Waals surface area contributed by atoms with Crippen LogP contribution in [0.25, 0.3) is 4.96 Å². The Morgan fingerprint density at radius 3 is 2.83 bits per heavy atom. The van der Waals surface area contributed by atoms with Gasteiger partial charge in [0, 0.05) is 17.6 Å². The van der Waals surface area contributed by atoms with E-state index in [0.29, 0.717) is 23.6 Å². The van der Waals surface area contributed by atoms with Crippen LogP contribution in [0.1, 0.15) is 43.5 Å². The first-order valence-corrected chi connectivity index (χ1v) is 10.4. The van der Waals surface area contributed by atoms with E-state index in [9.17, 15) is 13.2 Å². The predicted octanol–water partition coefficient (Wildman–Crippen LogP) is 2.54. The zero-order valence-corrected chi connectivity index (χ0v) is 15.5. The van der Waals surface area contributed by atoms with Gasteiger partial charge in [-0.25, -0.2) is 18.1 Å². The molecule has 2 aromatic heterocycles. The second kappa shape index (κ2) is 6.78. The van der Waals surface area contributed by atoms with Crippen LogP contribution in [0, 0.1) is 13.8 Å². The number of hydrogen-bond acceptors (Lipinski definition) is 5. The molecule has 1 N–H and O–H groups in total. The minimum Gasteiger partial charge on any atom is -0.267 e. The highest BCUT2D eigenvalue weighted by atomic mass is 32.2. The van der Waals surface area contributed by atoms with Crippen molar-refractivity contribution in [3.05, 3.63) is 38.8 Å². The predicted molar refractivity (Wildman–Crippen MR) is 95.2 cm³/mol. The Bertz CT molecular complexity index is 955. The number of aromatic nitrogens is 2. The summed E-state index contributed by atoms with van der Waals surface area (Å²) in [6.45, 7) is 3.63. The van der Waals surface area contributed by atoms with Gasteiger partial charge < -0.3 is 0 Å². The van der Waals surface area contributed by atoms with E-state index >= 15 is 0 Å². The SMILES string of the molecule is Cc1nc2scc(C)n2c(=O)c1S(=O)(=O)NCCC1=CCCCC1. The number of hydrogen-bond donors (Lipinski definition) is 1. The fourth-order valence-corrected chi connectivity index (χ4v) is 5.20. The van der Waals surface area contributed by atoms with Crippen LogP contribution >= 0.6 is 11.3 Å². The Morgan fingerprint density at radius 1 is 1.33 bits per heavy atom. The molecule has 2 aromatic rings. The summed E-state index contributed by atoms with van der Waals surface area (Å²) in [7, 11) is -3.88. The van der Waals surface area contributed by atoms with E-state index in [1.165, 1.54) is 27.7 Å². The van der Waals surface area contributed by atoms with Crippen LogP contribution in [0.15, 0.2) is 26.7 Å². The molecule has 1 aliphatic rings. The minimum absolute atomic E-state index is 0.242. The standard InChI is InChI=1S/C16H21N3O3S2/c1-11-10-23-16-18-12(2)14(15(20)19(11)16)24(21,22)17-9-8-13-6-4-3-5-7-13/h6,10,17H,3-5,7-9H2,1-2H3. The fraction of sp³-hybridized carbons (Fsp3) is 0.500. The van der Waals surface area contributed by atoms with Gasteiger partial charge in [0.15, 0.2) is 9.86 Å². The molecule has 0 bridgehead atoms. The lowest BCUT2D eigenvalue weighted by molar-refractivity contribution is 0.576. The van der Waals surface area contributed by atoms with Crippen LogP contribution in [0.5, 0.6) is 0 Å². The molecular weight excluding hydrogens is 346 g/mol. The summed E-state index contributed by atoms with van der Waals surface area (Å²) in [4.78, 5) is 17.2. The van der Waals surface area contributed by atoms with Crippen LogP contribution in [0.2, 0.25) is 0 Å². The summed E-state index contributed by atoms with van der Waals surface area (Å²) >= 11 is 1.33. The van der Waals surface area contributed by atoms with E-state index in [2.05, 4.69) is 15.8 Å². The molecule has 0 fully saturated rings. The zero-order chi connectivity index (χ0) is 17.3. The van der Waals surface area contributed by atoms with Gasteiger partial charge in [-0.05, 0) is 46.0 Å². The highest BCUT2D eigenvalue weighted by Gasteiger charge is 2.24. The van der Waals surface area contributed by atoms with Crippen LogP contribution in [-0.4, -0.2) is 24.3 Å². The molecule has 0 atom stereocenters. The van der Waals surface area contributed by atoms with Crippen molar-refractivity contribution >= 4 is 26.3 Å². The lowest BCUT2D eigenvalue weighted by atomic mass is 9.97. The Kier molecular flexibility index (Phi) is 4.89. The molecule has 2 heterocycles. The van der Waals surface area contributed by atoms with Gasteiger partial charge in [0.25, 0.3) is 5.56 Å². The van der Waals surface area contributed by atoms with Crippen molar-refractivity contribution in [3.63, 3.8) is 0 Å². The first-order chi connectivity index (χ1) is 11.4. The van der Waals surface area contributed by atoms with Gasteiger partial charge in [-0.2, -0.15) is 0 Å². The molecule has 6 nitrogen and oxygen atoms in total. The van der Waals surface area contributed by atoms with Crippen LogP contribution in [0.4, 0.5) is 0 Å². The Balaban J connectivity index is 1.86. The lowest BCUT2D eigenvalue weighted by Crippen LogP contribution is -2.33. The topological polar surface area (TPSA) is 80.5 Å². The second-order valence-corrected chi connectivity index (χ2v) is 8.62. The molecule has 0 amide bonds. The molecule has 24 heavy (non-hydrogen) atoms. The number of nitrogens with zero attached hydrogens (tertiary/aromatic N) is 2. The lowest BCUT2D eigenvalue weighted by Gasteiger charge is -2.13. The van der Waals surface area contributed by atoms with E-state index in [-0.39, 0.29) is 10.6 Å². The third-order valence-corrected chi connectivity index (χ3v) is 6.80. The molecule has 0 radical (unpaired) electrons.